The fourth-order valence-electron chi connectivity index (χ4n) is 2.82. The standard InChI is InChI=1S/C17H18F3N/c1-9-7-10(2)15(11(3)8-9)12(4)21-14-6-5-13(18)16(19)17(14)20/h5-8,12,21H,1-4H3. The highest BCUT2D eigenvalue weighted by Gasteiger charge is 2.17. The first kappa shape index (κ1) is 15.4. The van der Waals surface area contributed by atoms with Crippen molar-refractivity contribution in [1.82, 2.24) is 0 Å². The Morgan fingerprint density at radius 2 is 1.48 bits per heavy atom. The van der Waals surface area contributed by atoms with Crippen LogP contribution in [0, 0.1) is 38.2 Å². The van der Waals surface area contributed by atoms with Crippen LogP contribution >= 0.6 is 0 Å². The van der Waals surface area contributed by atoms with Gasteiger partial charge in [-0.05, 0) is 56.5 Å². The van der Waals surface area contributed by atoms with Crippen molar-refractivity contribution in [2.75, 3.05) is 5.32 Å². The maximum Gasteiger partial charge on any atom is 0.196 e. The van der Waals surface area contributed by atoms with E-state index in [1.165, 1.54) is 6.07 Å². The molecule has 0 saturated heterocycles. The number of benzene rings is 2. The molecule has 0 heterocycles. The molecule has 0 aliphatic carbocycles. The lowest BCUT2D eigenvalue weighted by Crippen LogP contribution is -2.12. The zero-order valence-corrected chi connectivity index (χ0v) is 12.5. The molecule has 21 heavy (non-hydrogen) atoms. The predicted molar refractivity (Wildman–Crippen MR) is 79.0 cm³/mol. The molecule has 0 aromatic heterocycles. The minimum Gasteiger partial charge on any atom is -0.376 e. The molecule has 0 spiro atoms. The highest BCUT2D eigenvalue weighted by molar-refractivity contribution is 5.50. The summed E-state index contributed by atoms with van der Waals surface area (Å²) in [5.74, 6) is -3.83. The van der Waals surface area contributed by atoms with Gasteiger partial charge in [0, 0.05) is 6.04 Å². The van der Waals surface area contributed by atoms with Crippen LogP contribution in [0.5, 0.6) is 0 Å². The second-order valence-electron chi connectivity index (χ2n) is 5.40. The molecular formula is C17H18F3N. The molecule has 112 valence electrons. The van der Waals surface area contributed by atoms with Gasteiger partial charge in [-0.3, -0.25) is 0 Å². The van der Waals surface area contributed by atoms with Crippen LogP contribution in [0.2, 0.25) is 0 Å². The Morgan fingerprint density at radius 1 is 0.905 bits per heavy atom. The summed E-state index contributed by atoms with van der Waals surface area (Å²) in [5, 5.41) is 2.91. The average Bonchev–Trinajstić information content (AvgIpc) is 2.38. The van der Waals surface area contributed by atoms with Crippen LogP contribution in [0.4, 0.5) is 18.9 Å². The number of rotatable bonds is 3. The van der Waals surface area contributed by atoms with E-state index in [0.29, 0.717) is 0 Å². The molecule has 0 radical (unpaired) electrons. The van der Waals surface area contributed by atoms with Crippen molar-refractivity contribution in [1.29, 1.82) is 0 Å². The van der Waals surface area contributed by atoms with Gasteiger partial charge in [-0.1, -0.05) is 17.7 Å². The lowest BCUT2D eigenvalue weighted by molar-refractivity contribution is 0.448. The fraction of sp³-hybridized carbons (Fsp3) is 0.294. The topological polar surface area (TPSA) is 12.0 Å². The normalized spacial score (nSPS) is 12.3. The fourth-order valence-corrected chi connectivity index (χ4v) is 2.82. The highest BCUT2D eigenvalue weighted by Crippen LogP contribution is 2.28. The zero-order valence-electron chi connectivity index (χ0n) is 12.5. The van der Waals surface area contributed by atoms with Crippen LogP contribution in [0.15, 0.2) is 24.3 Å². The second kappa shape index (κ2) is 5.80. The summed E-state index contributed by atoms with van der Waals surface area (Å²) < 4.78 is 39.9. The Labute approximate surface area is 122 Å². The van der Waals surface area contributed by atoms with Crippen molar-refractivity contribution < 1.29 is 13.2 Å². The summed E-state index contributed by atoms with van der Waals surface area (Å²) in [7, 11) is 0. The first-order chi connectivity index (χ1) is 9.81. The molecule has 0 saturated carbocycles. The molecule has 1 N–H and O–H groups in total. The molecule has 0 aliphatic rings. The third-order valence-corrected chi connectivity index (χ3v) is 3.58. The molecule has 2 aromatic carbocycles. The van der Waals surface area contributed by atoms with E-state index in [2.05, 4.69) is 5.32 Å². The lowest BCUT2D eigenvalue weighted by Gasteiger charge is -2.21. The summed E-state index contributed by atoms with van der Waals surface area (Å²) in [4.78, 5) is 0. The van der Waals surface area contributed by atoms with Crippen molar-refractivity contribution in [2.24, 2.45) is 0 Å². The van der Waals surface area contributed by atoms with E-state index in [-0.39, 0.29) is 11.7 Å². The van der Waals surface area contributed by atoms with E-state index in [9.17, 15) is 13.2 Å². The zero-order chi connectivity index (χ0) is 15.7. The summed E-state index contributed by atoms with van der Waals surface area (Å²) >= 11 is 0. The van der Waals surface area contributed by atoms with Gasteiger partial charge in [-0.25, -0.2) is 13.2 Å². The van der Waals surface area contributed by atoms with Crippen molar-refractivity contribution in [2.45, 2.75) is 33.7 Å². The van der Waals surface area contributed by atoms with E-state index >= 15 is 0 Å². The molecule has 0 amide bonds. The summed E-state index contributed by atoms with van der Waals surface area (Å²) in [6.07, 6.45) is 0. The van der Waals surface area contributed by atoms with E-state index < -0.39 is 17.5 Å². The SMILES string of the molecule is Cc1cc(C)c(C(C)Nc2ccc(F)c(F)c2F)c(C)c1. The molecule has 0 aliphatic heterocycles. The molecule has 1 nitrogen and oxygen atoms in total. The molecule has 2 rings (SSSR count). The maximum absolute atomic E-state index is 13.7. The minimum atomic E-state index is -1.45. The largest absolute Gasteiger partial charge is 0.376 e. The molecular weight excluding hydrogens is 275 g/mol. The van der Waals surface area contributed by atoms with Crippen molar-refractivity contribution >= 4 is 5.69 Å². The van der Waals surface area contributed by atoms with Gasteiger partial charge in [0.25, 0.3) is 0 Å². The average molecular weight is 293 g/mol. The third-order valence-electron chi connectivity index (χ3n) is 3.58. The predicted octanol–water partition coefficient (Wildman–Crippen LogP) is 5.20. The van der Waals surface area contributed by atoms with Crippen molar-refractivity contribution in [3.63, 3.8) is 0 Å². The molecule has 2 aromatic rings. The van der Waals surface area contributed by atoms with Gasteiger partial charge < -0.3 is 5.32 Å². The second-order valence-corrected chi connectivity index (χ2v) is 5.40. The lowest BCUT2D eigenvalue weighted by atomic mass is 9.94. The maximum atomic E-state index is 13.7. The van der Waals surface area contributed by atoms with E-state index in [1.54, 1.807) is 0 Å². The van der Waals surface area contributed by atoms with E-state index in [0.717, 1.165) is 28.3 Å². The van der Waals surface area contributed by atoms with Crippen LogP contribution in [-0.2, 0) is 0 Å². The summed E-state index contributed by atoms with van der Waals surface area (Å²) in [5.41, 5.74) is 4.30. The van der Waals surface area contributed by atoms with Gasteiger partial charge >= 0.3 is 0 Å². The van der Waals surface area contributed by atoms with Gasteiger partial charge in [0.15, 0.2) is 17.5 Å². The molecule has 4 heteroatoms. The van der Waals surface area contributed by atoms with Crippen LogP contribution in [0.3, 0.4) is 0 Å². The number of hydrogen-bond acceptors (Lipinski definition) is 1. The molecule has 1 unspecified atom stereocenters. The van der Waals surface area contributed by atoms with Crippen LogP contribution in [0.25, 0.3) is 0 Å². The van der Waals surface area contributed by atoms with Crippen LogP contribution < -0.4 is 5.32 Å². The first-order valence-electron chi connectivity index (χ1n) is 6.79. The molecule has 0 fully saturated rings. The molecule has 1 atom stereocenters. The van der Waals surface area contributed by atoms with Gasteiger partial charge in [-0.2, -0.15) is 0 Å². The highest BCUT2D eigenvalue weighted by atomic mass is 19.2. The Hall–Kier alpha value is -1.97. The Morgan fingerprint density at radius 3 is 2.05 bits per heavy atom. The number of halogens is 3. The Bertz CT molecular complexity index is 657. The van der Waals surface area contributed by atoms with Crippen LogP contribution in [-0.4, -0.2) is 0 Å². The Kier molecular flexibility index (Phi) is 4.26. The molecule has 0 bridgehead atoms. The van der Waals surface area contributed by atoms with Gasteiger partial charge in [0.1, 0.15) is 0 Å². The van der Waals surface area contributed by atoms with Gasteiger partial charge in [0.2, 0.25) is 0 Å². The van der Waals surface area contributed by atoms with Crippen molar-refractivity contribution in [3.05, 3.63) is 64.0 Å². The number of aryl methyl sites for hydroxylation is 3. The van der Waals surface area contributed by atoms with Gasteiger partial charge in [-0.15, -0.1) is 0 Å². The monoisotopic (exact) mass is 293 g/mol. The first-order valence-corrected chi connectivity index (χ1v) is 6.79. The minimum absolute atomic E-state index is 0.0409. The van der Waals surface area contributed by atoms with E-state index in [4.69, 9.17) is 0 Å². The van der Waals surface area contributed by atoms with Gasteiger partial charge in [0.05, 0.1) is 5.69 Å². The van der Waals surface area contributed by atoms with E-state index in [1.807, 2.05) is 39.8 Å². The number of nitrogens with one attached hydrogen (secondary N) is 1. The summed E-state index contributed by atoms with van der Waals surface area (Å²) in [6.45, 7) is 7.84. The quantitative estimate of drug-likeness (QED) is 0.767. The third kappa shape index (κ3) is 3.04. The van der Waals surface area contributed by atoms with Crippen LogP contribution in [0.1, 0.15) is 35.2 Å². The number of hydrogen-bond donors (Lipinski definition) is 1. The van der Waals surface area contributed by atoms with Crippen molar-refractivity contribution in [3.8, 4) is 0 Å². The Balaban J connectivity index is 2.35. The number of anilines is 1. The summed E-state index contributed by atoms with van der Waals surface area (Å²) in [6, 6.07) is 6.00. The smallest absolute Gasteiger partial charge is 0.196 e.